The molecule has 0 saturated carbocycles. The Morgan fingerprint density at radius 1 is 1.19 bits per heavy atom. The molecular weight excluding hydrogens is 328 g/mol. The molecular formula is C19H26N6O. The zero-order valence-corrected chi connectivity index (χ0v) is 15.4. The maximum absolute atomic E-state index is 12.7. The van der Waals surface area contributed by atoms with E-state index in [9.17, 15) is 4.79 Å². The van der Waals surface area contributed by atoms with Gasteiger partial charge in [-0.05, 0) is 44.8 Å². The molecule has 1 N–H and O–H groups in total. The molecule has 0 aromatic carbocycles. The molecule has 0 spiro atoms. The smallest absolute Gasteiger partial charge is 0.237 e. The second-order valence-electron chi connectivity index (χ2n) is 7.65. The van der Waals surface area contributed by atoms with Crippen molar-refractivity contribution in [2.45, 2.75) is 38.3 Å². The van der Waals surface area contributed by atoms with E-state index in [1.807, 2.05) is 13.1 Å². The number of hydrogen-bond donors (Lipinski definition) is 1. The van der Waals surface area contributed by atoms with Crippen molar-refractivity contribution in [1.82, 2.24) is 25.2 Å². The van der Waals surface area contributed by atoms with E-state index in [1.54, 1.807) is 18.6 Å². The molecule has 1 amide bonds. The predicted octanol–water partition coefficient (Wildman–Crippen LogP) is 1.45. The van der Waals surface area contributed by atoms with Gasteiger partial charge in [0, 0.05) is 37.7 Å². The standard InChI is InChI=1S/C19H26N6O/c1-13-10-14(23-19(26)16-4-3-9-24(16)2)12-25(11-13)15-5-6-21-18-17(15)20-7-8-22-18/h5-8,13-14,16H,3-4,9-12H2,1-2H3,(H,23,26)/t13-,14+,16?/m0/s1. The Hall–Kier alpha value is -2.28. The third kappa shape index (κ3) is 3.35. The Morgan fingerprint density at radius 3 is 2.81 bits per heavy atom. The summed E-state index contributed by atoms with van der Waals surface area (Å²) in [7, 11) is 2.04. The molecule has 2 fully saturated rings. The third-order valence-corrected chi connectivity index (χ3v) is 5.52. The first-order chi connectivity index (χ1) is 12.6. The summed E-state index contributed by atoms with van der Waals surface area (Å²) in [6, 6.07) is 2.17. The molecule has 0 bridgehead atoms. The van der Waals surface area contributed by atoms with Gasteiger partial charge in [0.2, 0.25) is 5.91 Å². The Morgan fingerprint density at radius 2 is 2.00 bits per heavy atom. The molecule has 0 aliphatic carbocycles. The summed E-state index contributed by atoms with van der Waals surface area (Å²) >= 11 is 0. The van der Waals surface area contributed by atoms with Crippen molar-refractivity contribution in [1.29, 1.82) is 0 Å². The van der Waals surface area contributed by atoms with Gasteiger partial charge in [-0.25, -0.2) is 15.0 Å². The Labute approximate surface area is 153 Å². The highest BCUT2D eigenvalue weighted by atomic mass is 16.2. The molecule has 2 saturated heterocycles. The highest BCUT2D eigenvalue weighted by Gasteiger charge is 2.32. The number of anilines is 1. The van der Waals surface area contributed by atoms with Crippen LogP contribution >= 0.6 is 0 Å². The van der Waals surface area contributed by atoms with E-state index in [-0.39, 0.29) is 18.0 Å². The first kappa shape index (κ1) is 17.1. The highest BCUT2D eigenvalue weighted by Crippen LogP contribution is 2.27. The van der Waals surface area contributed by atoms with E-state index >= 15 is 0 Å². The van der Waals surface area contributed by atoms with Crippen molar-refractivity contribution in [3.05, 3.63) is 24.7 Å². The first-order valence-electron chi connectivity index (χ1n) is 9.43. The van der Waals surface area contributed by atoms with Gasteiger partial charge in [-0.3, -0.25) is 9.69 Å². The minimum Gasteiger partial charge on any atom is -0.367 e. The number of carbonyl (C=O) groups is 1. The van der Waals surface area contributed by atoms with E-state index in [1.165, 1.54) is 0 Å². The van der Waals surface area contributed by atoms with Crippen LogP contribution in [0.15, 0.2) is 24.7 Å². The molecule has 7 heteroatoms. The van der Waals surface area contributed by atoms with Crippen molar-refractivity contribution in [3.8, 4) is 0 Å². The molecule has 3 atom stereocenters. The van der Waals surface area contributed by atoms with Crippen LogP contribution in [0.5, 0.6) is 0 Å². The number of nitrogens with one attached hydrogen (secondary N) is 1. The number of pyridine rings is 1. The normalized spacial score (nSPS) is 27.0. The van der Waals surface area contributed by atoms with Gasteiger partial charge >= 0.3 is 0 Å². The van der Waals surface area contributed by atoms with Crippen LogP contribution in [0.3, 0.4) is 0 Å². The molecule has 2 aromatic heterocycles. The fourth-order valence-corrected chi connectivity index (χ4v) is 4.31. The van der Waals surface area contributed by atoms with E-state index in [4.69, 9.17) is 0 Å². The van der Waals surface area contributed by atoms with Crippen molar-refractivity contribution >= 4 is 22.8 Å². The summed E-state index contributed by atoms with van der Waals surface area (Å²) in [5.41, 5.74) is 2.54. The summed E-state index contributed by atoms with van der Waals surface area (Å²) in [6.45, 7) is 4.99. The molecule has 4 rings (SSSR count). The monoisotopic (exact) mass is 354 g/mol. The van der Waals surface area contributed by atoms with E-state index in [0.717, 1.165) is 50.1 Å². The predicted molar refractivity (Wildman–Crippen MR) is 101 cm³/mol. The van der Waals surface area contributed by atoms with Crippen LogP contribution in [-0.2, 0) is 4.79 Å². The van der Waals surface area contributed by atoms with Crippen LogP contribution in [-0.4, -0.2) is 64.5 Å². The Kier molecular flexibility index (Phi) is 4.72. The van der Waals surface area contributed by atoms with Crippen molar-refractivity contribution in [2.75, 3.05) is 31.6 Å². The largest absolute Gasteiger partial charge is 0.367 e. The zero-order valence-electron chi connectivity index (χ0n) is 15.4. The van der Waals surface area contributed by atoms with Gasteiger partial charge in [-0.1, -0.05) is 6.92 Å². The number of hydrogen-bond acceptors (Lipinski definition) is 6. The number of rotatable bonds is 3. The summed E-state index contributed by atoms with van der Waals surface area (Å²) < 4.78 is 0. The third-order valence-electron chi connectivity index (χ3n) is 5.52. The second kappa shape index (κ2) is 7.15. The fraction of sp³-hybridized carbons (Fsp3) is 0.579. The minimum absolute atomic E-state index is 0.0216. The summed E-state index contributed by atoms with van der Waals surface area (Å²) in [5, 5.41) is 3.30. The Bertz CT molecular complexity index is 791. The SMILES string of the molecule is C[C@H]1C[C@@H](NC(=O)C2CCCN2C)CN(c2ccnc3nccnc23)C1. The lowest BCUT2D eigenvalue weighted by molar-refractivity contribution is -0.125. The molecule has 138 valence electrons. The first-order valence-corrected chi connectivity index (χ1v) is 9.43. The fourth-order valence-electron chi connectivity index (χ4n) is 4.31. The number of likely N-dealkylation sites (tertiary alicyclic amines) is 1. The number of carbonyl (C=O) groups excluding carboxylic acids is 1. The lowest BCUT2D eigenvalue weighted by Crippen LogP contribution is -2.53. The van der Waals surface area contributed by atoms with Gasteiger partial charge in [-0.15, -0.1) is 0 Å². The summed E-state index contributed by atoms with van der Waals surface area (Å²) in [5.74, 6) is 0.665. The molecule has 7 nitrogen and oxygen atoms in total. The second-order valence-corrected chi connectivity index (χ2v) is 7.65. The van der Waals surface area contributed by atoms with Crippen molar-refractivity contribution in [2.24, 2.45) is 5.92 Å². The number of aromatic nitrogens is 3. The summed E-state index contributed by atoms with van der Waals surface area (Å²) in [6.07, 6.45) is 8.22. The molecule has 2 aliphatic heterocycles. The van der Waals surface area contributed by atoms with Gasteiger partial charge < -0.3 is 10.2 Å². The van der Waals surface area contributed by atoms with E-state index in [2.05, 4.69) is 37.0 Å². The molecule has 2 aliphatic rings. The molecule has 26 heavy (non-hydrogen) atoms. The van der Waals surface area contributed by atoms with Crippen LogP contribution in [0, 0.1) is 5.92 Å². The van der Waals surface area contributed by atoms with Crippen LogP contribution in [0.2, 0.25) is 0 Å². The van der Waals surface area contributed by atoms with E-state index < -0.39 is 0 Å². The van der Waals surface area contributed by atoms with Crippen LogP contribution in [0.4, 0.5) is 5.69 Å². The minimum atomic E-state index is 0.0216. The Balaban J connectivity index is 1.52. The molecule has 0 radical (unpaired) electrons. The van der Waals surface area contributed by atoms with Crippen LogP contribution in [0.1, 0.15) is 26.2 Å². The zero-order chi connectivity index (χ0) is 18.1. The van der Waals surface area contributed by atoms with Gasteiger partial charge in [0.15, 0.2) is 5.65 Å². The van der Waals surface area contributed by atoms with Gasteiger partial charge in [-0.2, -0.15) is 0 Å². The maximum Gasteiger partial charge on any atom is 0.237 e. The van der Waals surface area contributed by atoms with E-state index in [0.29, 0.717) is 11.6 Å². The molecule has 4 heterocycles. The lowest BCUT2D eigenvalue weighted by atomic mass is 9.95. The lowest BCUT2D eigenvalue weighted by Gasteiger charge is -2.39. The number of fused-ring (bicyclic) bond motifs is 1. The maximum atomic E-state index is 12.7. The average Bonchev–Trinajstić information content (AvgIpc) is 3.07. The van der Waals surface area contributed by atoms with Gasteiger partial charge in [0.1, 0.15) is 5.52 Å². The average molecular weight is 354 g/mol. The number of nitrogens with zero attached hydrogens (tertiary/aromatic N) is 5. The topological polar surface area (TPSA) is 74.2 Å². The quantitative estimate of drug-likeness (QED) is 0.899. The molecule has 2 aromatic rings. The van der Waals surface area contributed by atoms with Gasteiger partial charge in [0.25, 0.3) is 0 Å². The highest BCUT2D eigenvalue weighted by molar-refractivity contribution is 5.85. The number of piperidine rings is 1. The van der Waals surface area contributed by atoms with Crippen molar-refractivity contribution in [3.63, 3.8) is 0 Å². The molecule has 1 unspecified atom stereocenters. The number of amides is 1. The van der Waals surface area contributed by atoms with Gasteiger partial charge in [0.05, 0.1) is 11.7 Å². The van der Waals surface area contributed by atoms with Crippen molar-refractivity contribution < 1.29 is 4.79 Å². The number of likely N-dealkylation sites (N-methyl/N-ethyl adjacent to an activating group) is 1. The van der Waals surface area contributed by atoms with Crippen LogP contribution in [0.25, 0.3) is 11.2 Å². The van der Waals surface area contributed by atoms with Crippen LogP contribution < -0.4 is 10.2 Å². The summed E-state index contributed by atoms with van der Waals surface area (Å²) in [4.78, 5) is 30.3.